The van der Waals surface area contributed by atoms with Crippen molar-refractivity contribution in [2.24, 2.45) is 0 Å². The van der Waals surface area contributed by atoms with Crippen LogP contribution in [-0.2, 0) is 0 Å². The molecule has 0 aliphatic carbocycles. The zero-order valence-corrected chi connectivity index (χ0v) is 15.6. The molecule has 2 aliphatic rings. The maximum Gasteiger partial charge on any atom is 0.256 e. The van der Waals surface area contributed by atoms with Gasteiger partial charge in [0.1, 0.15) is 0 Å². The number of aromatic nitrogens is 1. The fourth-order valence-corrected chi connectivity index (χ4v) is 5.15. The van der Waals surface area contributed by atoms with Crippen molar-refractivity contribution in [2.45, 2.75) is 31.7 Å². The molecule has 0 saturated carbocycles. The summed E-state index contributed by atoms with van der Waals surface area (Å²) in [6.07, 6.45) is 6.94. The highest BCUT2D eigenvalue weighted by atomic mass is 32.2. The van der Waals surface area contributed by atoms with E-state index in [2.05, 4.69) is 14.8 Å². The summed E-state index contributed by atoms with van der Waals surface area (Å²) in [4.78, 5) is 21.3. The average molecular weight is 358 g/mol. The normalized spacial score (nSPS) is 22.9. The van der Waals surface area contributed by atoms with E-state index in [0.717, 1.165) is 47.5 Å². The van der Waals surface area contributed by atoms with Crippen LogP contribution in [0.2, 0.25) is 0 Å². The van der Waals surface area contributed by atoms with Gasteiger partial charge in [-0.3, -0.25) is 4.79 Å². The average Bonchev–Trinajstić information content (AvgIpc) is 2.95. The number of para-hydroxylation sites is 1. The maximum absolute atomic E-state index is 13.4. The molecule has 0 spiro atoms. The van der Waals surface area contributed by atoms with Gasteiger partial charge in [0.15, 0.2) is 0 Å². The number of hydrogen-bond donors (Lipinski definition) is 1. The van der Waals surface area contributed by atoms with Crippen LogP contribution in [0.15, 0.2) is 30.5 Å². The van der Waals surface area contributed by atoms with Gasteiger partial charge in [-0.25, -0.2) is 0 Å². The molecule has 25 heavy (non-hydrogen) atoms. The number of H-pyrrole nitrogens is 1. The van der Waals surface area contributed by atoms with Gasteiger partial charge in [0, 0.05) is 35.9 Å². The number of benzene rings is 1. The fraction of sp³-hybridized carbons (Fsp3) is 0.550. The van der Waals surface area contributed by atoms with E-state index in [-0.39, 0.29) is 5.91 Å². The summed E-state index contributed by atoms with van der Waals surface area (Å²) in [6.45, 7) is 4.29. The molecule has 134 valence electrons. The van der Waals surface area contributed by atoms with Crippen molar-refractivity contribution in [3.8, 4) is 0 Å². The number of hydrogen-bond acceptors (Lipinski definition) is 3. The Balaban J connectivity index is 1.56. The Labute approximate surface area is 153 Å². The van der Waals surface area contributed by atoms with Crippen LogP contribution in [0.5, 0.6) is 0 Å². The monoisotopic (exact) mass is 357 g/mol. The van der Waals surface area contributed by atoms with Gasteiger partial charge in [-0.15, -0.1) is 0 Å². The van der Waals surface area contributed by atoms with Gasteiger partial charge in [-0.05, 0) is 44.2 Å². The van der Waals surface area contributed by atoms with E-state index >= 15 is 0 Å². The first-order chi connectivity index (χ1) is 12.3. The Morgan fingerprint density at radius 3 is 2.84 bits per heavy atom. The van der Waals surface area contributed by atoms with Crippen LogP contribution in [0.3, 0.4) is 0 Å². The summed E-state index contributed by atoms with van der Waals surface area (Å²) in [6, 6.07) is 8.43. The van der Waals surface area contributed by atoms with Crippen molar-refractivity contribution in [1.29, 1.82) is 0 Å². The largest absolute Gasteiger partial charge is 0.360 e. The lowest BCUT2D eigenvalue weighted by Crippen LogP contribution is -2.49. The number of likely N-dealkylation sites (tertiary alicyclic amines) is 1. The van der Waals surface area contributed by atoms with Gasteiger partial charge in [-0.1, -0.05) is 24.6 Å². The summed E-state index contributed by atoms with van der Waals surface area (Å²) < 4.78 is 0. The minimum absolute atomic E-state index is 0.196. The summed E-state index contributed by atoms with van der Waals surface area (Å²) in [5.41, 5.74) is 1.87. The number of carbonyl (C=O) groups is 1. The zero-order valence-electron chi connectivity index (χ0n) is 14.7. The Hall–Kier alpha value is -1.46. The Morgan fingerprint density at radius 2 is 1.96 bits per heavy atom. The van der Waals surface area contributed by atoms with E-state index < -0.39 is 0 Å². The molecule has 2 saturated heterocycles. The predicted molar refractivity (Wildman–Crippen MR) is 105 cm³/mol. The highest BCUT2D eigenvalue weighted by Crippen LogP contribution is 2.24. The Bertz CT molecular complexity index is 723. The smallest absolute Gasteiger partial charge is 0.256 e. The number of piperidine rings is 1. The fourth-order valence-electron chi connectivity index (χ4n) is 4.09. The lowest BCUT2D eigenvalue weighted by atomic mass is 10.1. The molecular weight excluding hydrogens is 330 g/mol. The van der Waals surface area contributed by atoms with Gasteiger partial charge in [0.2, 0.25) is 0 Å². The SMILES string of the molecule is O=C(c1c[nH]c2ccccc12)N1CCCSCC1CN1CCCCC1. The summed E-state index contributed by atoms with van der Waals surface area (Å²) >= 11 is 2.01. The van der Waals surface area contributed by atoms with Gasteiger partial charge in [-0.2, -0.15) is 11.8 Å². The molecule has 1 unspecified atom stereocenters. The standard InChI is InChI=1S/C20H27N3OS/c24-20(18-13-21-19-8-3-2-7-17(18)19)23-11-6-12-25-15-16(23)14-22-9-4-1-5-10-22/h2-3,7-8,13,16,21H,1,4-6,9-12,14-15H2. The molecule has 2 fully saturated rings. The molecule has 4 rings (SSSR count). The van der Waals surface area contributed by atoms with Crippen LogP contribution in [0.4, 0.5) is 0 Å². The van der Waals surface area contributed by atoms with E-state index in [4.69, 9.17) is 0 Å². The quantitative estimate of drug-likeness (QED) is 0.912. The van der Waals surface area contributed by atoms with Crippen molar-refractivity contribution in [3.05, 3.63) is 36.0 Å². The third-order valence-electron chi connectivity index (χ3n) is 5.44. The number of fused-ring (bicyclic) bond motifs is 1. The van der Waals surface area contributed by atoms with Crippen molar-refractivity contribution >= 4 is 28.6 Å². The number of aromatic amines is 1. The van der Waals surface area contributed by atoms with Crippen molar-refractivity contribution in [1.82, 2.24) is 14.8 Å². The predicted octanol–water partition coefficient (Wildman–Crippen LogP) is 3.60. The van der Waals surface area contributed by atoms with E-state index in [9.17, 15) is 4.79 Å². The van der Waals surface area contributed by atoms with Crippen LogP contribution in [0.1, 0.15) is 36.0 Å². The van der Waals surface area contributed by atoms with E-state index in [1.807, 2.05) is 42.2 Å². The number of carbonyl (C=O) groups excluding carboxylic acids is 1. The lowest BCUT2D eigenvalue weighted by Gasteiger charge is -2.35. The second-order valence-electron chi connectivity index (χ2n) is 7.19. The van der Waals surface area contributed by atoms with E-state index in [0.29, 0.717) is 6.04 Å². The number of nitrogens with one attached hydrogen (secondary N) is 1. The minimum atomic E-state index is 0.196. The van der Waals surface area contributed by atoms with Gasteiger partial charge in [0.25, 0.3) is 5.91 Å². The second-order valence-corrected chi connectivity index (χ2v) is 8.34. The Kier molecular flexibility index (Phi) is 5.32. The molecular formula is C20H27N3OS. The highest BCUT2D eigenvalue weighted by molar-refractivity contribution is 7.99. The molecule has 1 aromatic heterocycles. The minimum Gasteiger partial charge on any atom is -0.360 e. The van der Waals surface area contributed by atoms with Gasteiger partial charge in [0.05, 0.1) is 11.6 Å². The molecule has 1 aromatic carbocycles. The number of rotatable bonds is 3. The molecule has 2 aliphatic heterocycles. The maximum atomic E-state index is 13.4. The van der Waals surface area contributed by atoms with E-state index in [1.54, 1.807) is 0 Å². The van der Waals surface area contributed by atoms with Crippen molar-refractivity contribution in [3.63, 3.8) is 0 Å². The molecule has 1 N–H and O–H groups in total. The lowest BCUT2D eigenvalue weighted by molar-refractivity contribution is 0.0647. The topological polar surface area (TPSA) is 39.3 Å². The summed E-state index contributed by atoms with van der Waals surface area (Å²) in [5.74, 6) is 2.42. The van der Waals surface area contributed by atoms with Crippen molar-refractivity contribution in [2.75, 3.05) is 37.7 Å². The number of nitrogens with zero attached hydrogens (tertiary/aromatic N) is 2. The molecule has 2 aromatic rings. The Morgan fingerprint density at radius 1 is 1.12 bits per heavy atom. The first-order valence-electron chi connectivity index (χ1n) is 9.50. The van der Waals surface area contributed by atoms with Gasteiger partial charge < -0.3 is 14.8 Å². The molecule has 3 heterocycles. The second kappa shape index (κ2) is 7.83. The molecule has 4 nitrogen and oxygen atoms in total. The third kappa shape index (κ3) is 3.72. The van der Waals surface area contributed by atoms with Gasteiger partial charge >= 0.3 is 0 Å². The third-order valence-corrected chi connectivity index (χ3v) is 6.63. The molecule has 1 amide bonds. The molecule has 5 heteroatoms. The zero-order chi connectivity index (χ0) is 17.1. The summed E-state index contributed by atoms with van der Waals surface area (Å²) in [5, 5.41) is 1.04. The molecule has 0 radical (unpaired) electrons. The van der Waals surface area contributed by atoms with Crippen LogP contribution in [-0.4, -0.2) is 64.4 Å². The van der Waals surface area contributed by atoms with Crippen LogP contribution >= 0.6 is 11.8 Å². The first-order valence-corrected chi connectivity index (χ1v) is 10.7. The first kappa shape index (κ1) is 17.0. The molecule has 1 atom stereocenters. The van der Waals surface area contributed by atoms with Crippen molar-refractivity contribution < 1.29 is 4.79 Å². The highest BCUT2D eigenvalue weighted by Gasteiger charge is 2.29. The number of amides is 1. The van der Waals surface area contributed by atoms with Crippen LogP contribution in [0, 0.1) is 0 Å². The number of thioether (sulfide) groups is 1. The molecule has 0 bridgehead atoms. The van der Waals surface area contributed by atoms with Crippen LogP contribution < -0.4 is 0 Å². The summed E-state index contributed by atoms with van der Waals surface area (Å²) in [7, 11) is 0. The van der Waals surface area contributed by atoms with E-state index in [1.165, 1.54) is 32.4 Å². The van der Waals surface area contributed by atoms with Crippen LogP contribution in [0.25, 0.3) is 10.9 Å².